The smallest absolute Gasteiger partial charge is 0.229 e. The normalized spacial score (nSPS) is 18.5. The summed E-state index contributed by atoms with van der Waals surface area (Å²) in [6.45, 7) is 1.86. The van der Waals surface area contributed by atoms with E-state index >= 15 is 0 Å². The van der Waals surface area contributed by atoms with Gasteiger partial charge in [0, 0.05) is 11.8 Å². The molecule has 1 aliphatic rings. The lowest BCUT2D eigenvalue weighted by molar-refractivity contribution is 0.106. The van der Waals surface area contributed by atoms with E-state index in [2.05, 4.69) is 0 Å². The highest BCUT2D eigenvalue weighted by atomic mass is 31.2. The summed E-state index contributed by atoms with van der Waals surface area (Å²) in [5, 5.41) is 0. The Bertz CT molecular complexity index is 554. The Morgan fingerprint density at radius 3 is 2.14 bits per heavy atom. The van der Waals surface area contributed by atoms with Crippen molar-refractivity contribution in [2.75, 3.05) is 20.4 Å². The summed E-state index contributed by atoms with van der Waals surface area (Å²) in [5.74, 6) is 0.877. The fourth-order valence-corrected chi connectivity index (χ4v) is 6.25. The zero-order valence-corrected chi connectivity index (χ0v) is 14.5. The summed E-state index contributed by atoms with van der Waals surface area (Å²) in [4.78, 5) is 13.1. The number of hydrogen-bond donors (Lipinski definition) is 0. The largest absolute Gasteiger partial charge is 0.496 e. The Hall–Kier alpha value is -1.28. The number of ether oxygens (including phenoxy) is 2. The number of methoxy groups -OCH3 is 2. The second kappa shape index (κ2) is 7.32. The summed E-state index contributed by atoms with van der Waals surface area (Å²) in [6.07, 6.45) is 5.46. The van der Waals surface area contributed by atoms with Gasteiger partial charge in [-0.15, -0.1) is 0 Å². The van der Waals surface area contributed by atoms with Crippen molar-refractivity contribution >= 4 is 12.7 Å². The van der Waals surface area contributed by atoms with Crippen molar-refractivity contribution < 1.29 is 18.8 Å². The zero-order valence-electron chi connectivity index (χ0n) is 13.6. The summed E-state index contributed by atoms with van der Waals surface area (Å²) < 4.78 is 24.1. The van der Waals surface area contributed by atoms with Gasteiger partial charge in [-0.2, -0.15) is 0 Å². The molecule has 1 saturated carbocycles. The van der Waals surface area contributed by atoms with Crippen LogP contribution in [0, 0.1) is 0 Å². The Balaban J connectivity index is 2.46. The van der Waals surface area contributed by atoms with Gasteiger partial charge in [0.2, 0.25) is 5.52 Å². The van der Waals surface area contributed by atoms with Gasteiger partial charge in [0.15, 0.2) is 7.14 Å². The lowest BCUT2D eigenvalue weighted by Gasteiger charge is -2.29. The summed E-state index contributed by atoms with van der Waals surface area (Å²) in [7, 11) is 0.0661. The van der Waals surface area contributed by atoms with E-state index in [4.69, 9.17) is 9.47 Å². The molecule has 1 fully saturated rings. The highest BCUT2D eigenvalue weighted by Crippen LogP contribution is 2.59. The van der Waals surface area contributed by atoms with Crippen molar-refractivity contribution in [3.05, 3.63) is 23.8 Å². The van der Waals surface area contributed by atoms with Gasteiger partial charge < -0.3 is 14.0 Å². The second-order valence-electron chi connectivity index (χ2n) is 5.75. The van der Waals surface area contributed by atoms with Crippen LogP contribution in [0.5, 0.6) is 11.5 Å². The van der Waals surface area contributed by atoms with Crippen LogP contribution in [-0.4, -0.2) is 31.6 Å². The first kappa shape index (κ1) is 17.1. The van der Waals surface area contributed by atoms with Gasteiger partial charge in [0.1, 0.15) is 17.1 Å². The molecule has 22 heavy (non-hydrogen) atoms. The molecule has 0 spiro atoms. The average Bonchev–Trinajstić information content (AvgIpc) is 2.60. The van der Waals surface area contributed by atoms with E-state index in [9.17, 15) is 9.36 Å². The first-order valence-electron chi connectivity index (χ1n) is 7.93. The Kier molecular flexibility index (Phi) is 5.69. The van der Waals surface area contributed by atoms with Crippen molar-refractivity contribution in [2.45, 2.75) is 44.7 Å². The van der Waals surface area contributed by atoms with Crippen molar-refractivity contribution in [2.24, 2.45) is 0 Å². The molecule has 1 unspecified atom stereocenters. The average molecular weight is 324 g/mol. The molecule has 0 amide bonds. The van der Waals surface area contributed by atoms with Gasteiger partial charge in [-0.1, -0.05) is 32.3 Å². The predicted octanol–water partition coefficient (Wildman–Crippen LogP) is 4.56. The maximum Gasteiger partial charge on any atom is 0.229 e. The lowest BCUT2D eigenvalue weighted by atomic mass is 10.0. The molecule has 2 rings (SSSR count). The number of carbonyl (C=O) groups is 1. The number of benzene rings is 1. The minimum Gasteiger partial charge on any atom is -0.496 e. The number of carbonyl (C=O) groups excluding carboxylic acids is 1. The van der Waals surface area contributed by atoms with Gasteiger partial charge in [0.25, 0.3) is 0 Å². The van der Waals surface area contributed by atoms with Crippen LogP contribution in [0.1, 0.15) is 49.4 Å². The molecule has 0 radical (unpaired) electrons. The first-order chi connectivity index (χ1) is 10.6. The first-order valence-corrected chi connectivity index (χ1v) is 9.89. The maximum absolute atomic E-state index is 13.5. The maximum atomic E-state index is 13.5. The molecule has 122 valence electrons. The third-order valence-electron chi connectivity index (χ3n) is 4.62. The standard InChI is InChI=1S/C17H25O4P/c1-4-22(19,13-9-6-5-7-10-13)17(18)16-14(20-2)11-8-12-15(16)21-3/h8,11-13H,4-7,9-10H2,1-3H3. The molecule has 1 aromatic rings. The Labute approximate surface area is 132 Å². The molecule has 0 bridgehead atoms. The molecule has 0 heterocycles. The van der Waals surface area contributed by atoms with Gasteiger partial charge in [-0.3, -0.25) is 4.79 Å². The molecule has 0 N–H and O–H groups in total. The summed E-state index contributed by atoms with van der Waals surface area (Å²) >= 11 is 0. The Morgan fingerprint density at radius 2 is 1.68 bits per heavy atom. The van der Waals surface area contributed by atoms with Crippen LogP contribution < -0.4 is 9.47 Å². The molecule has 1 aromatic carbocycles. The second-order valence-corrected chi connectivity index (χ2v) is 9.11. The zero-order chi connectivity index (χ0) is 16.2. The molecule has 0 saturated heterocycles. The van der Waals surface area contributed by atoms with Crippen molar-refractivity contribution in [3.63, 3.8) is 0 Å². The van der Waals surface area contributed by atoms with E-state index in [-0.39, 0.29) is 11.2 Å². The Morgan fingerprint density at radius 1 is 1.14 bits per heavy atom. The SMILES string of the molecule is CCP(=O)(C(=O)c1c(OC)cccc1OC)C1CCCCC1. The topological polar surface area (TPSA) is 52.6 Å². The lowest BCUT2D eigenvalue weighted by Crippen LogP contribution is -2.20. The summed E-state index contributed by atoms with van der Waals surface area (Å²) in [5.41, 5.74) is 0.0628. The number of rotatable bonds is 6. The van der Waals surface area contributed by atoms with Crippen molar-refractivity contribution in [3.8, 4) is 11.5 Å². The molecule has 4 nitrogen and oxygen atoms in total. The van der Waals surface area contributed by atoms with Crippen LogP contribution in [0.4, 0.5) is 0 Å². The van der Waals surface area contributed by atoms with E-state index in [1.807, 2.05) is 6.92 Å². The van der Waals surface area contributed by atoms with Gasteiger partial charge >= 0.3 is 0 Å². The van der Waals surface area contributed by atoms with Crippen LogP contribution in [0.15, 0.2) is 18.2 Å². The minimum atomic E-state index is -2.97. The quantitative estimate of drug-likeness (QED) is 0.720. The van der Waals surface area contributed by atoms with Crippen LogP contribution in [0.2, 0.25) is 0 Å². The van der Waals surface area contributed by atoms with Crippen LogP contribution in [0.25, 0.3) is 0 Å². The molecular formula is C17H25O4P. The number of hydrogen-bond acceptors (Lipinski definition) is 4. The minimum absolute atomic E-state index is 0.00775. The third kappa shape index (κ3) is 3.08. The molecule has 0 aliphatic heterocycles. The van der Waals surface area contributed by atoms with Gasteiger partial charge in [0.05, 0.1) is 14.2 Å². The van der Waals surface area contributed by atoms with Crippen molar-refractivity contribution in [1.29, 1.82) is 0 Å². The van der Waals surface area contributed by atoms with Crippen LogP contribution >= 0.6 is 7.14 Å². The highest BCUT2D eigenvalue weighted by Gasteiger charge is 2.41. The van der Waals surface area contributed by atoms with E-state index in [0.717, 1.165) is 25.7 Å². The van der Waals surface area contributed by atoms with E-state index in [0.29, 0.717) is 23.2 Å². The van der Waals surface area contributed by atoms with E-state index in [1.165, 1.54) is 20.6 Å². The van der Waals surface area contributed by atoms with Gasteiger partial charge in [-0.25, -0.2) is 0 Å². The fraction of sp³-hybridized carbons (Fsp3) is 0.588. The highest BCUT2D eigenvalue weighted by molar-refractivity contribution is 7.81. The monoisotopic (exact) mass is 324 g/mol. The van der Waals surface area contributed by atoms with E-state index < -0.39 is 7.14 Å². The molecule has 0 aromatic heterocycles. The van der Waals surface area contributed by atoms with Crippen molar-refractivity contribution in [1.82, 2.24) is 0 Å². The molecule has 1 atom stereocenters. The van der Waals surface area contributed by atoms with Gasteiger partial charge in [-0.05, 0) is 25.0 Å². The van der Waals surface area contributed by atoms with Crippen LogP contribution in [-0.2, 0) is 4.57 Å². The molecular weight excluding hydrogens is 299 g/mol. The fourth-order valence-electron chi connectivity index (χ4n) is 3.32. The molecule has 5 heteroatoms. The summed E-state index contributed by atoms with van der Waals surface area (Å²) in [6, 6.07) is 5.21. The van der Waals surface area contributed by atoms with Crippen LogP contribution in [0.3, 0.4) is 0 Å². The van der Waals surface area contributed by atoms with E-state index in [1.54, 1.807) is 18.2 Å². The molecule has 1 aliphatic carbocycles. The predicted molar refractivity (Wildman–Crippen MR) is 88.9 cm³/mol. The third-order valence-corrected chi connectivity index (χ3v) is 8.17.